The number of hydrogen-bond acceptors (Lipinski definition) is 9. The van der Waals surface area contributed by atoms with Crippen molar-refractivity contribution in [2.75, 3.05) is 19.7 Å². The molecule has 1 saturated carbocycles. The number of para-hydroxylation sites is 2. The Kier molecular flexibility index (Phi) is 12.9. The predicted molar refractivity (Wildman–Crippen MR) is 210 cm³/mol. The highest BCUT2D eigenvalue weighted by molar-refractivity contribution is 6.38. The lowest BCUT2D eigenvalue weighted by molar-refractivity contribution is -0.145. The van der Waals surface area contributed by atoms with E-state index in [0.29, 0.717) is 41.5 Å². The van der Waals surface area contributed by atoms with Crippen LogP contribution in [0, 0.1) is 11.3 Å². The lowest BCUT2D eigenvalue weighted by Crippen LogP contribution is -2.59. The topological polar surface area (TPSA) is 165 Å². The molecular formula is C42H54ClN5O8. The van der Waals surface area contributed by atoms with Crippen LogP contribution < -0.4 is 25.4 Å². The number of carbonyl (C=O) groups is 5. The van der Waals surface area contributed by atoms with Crippen LogP contribution in [0.2, 0.25) is 5.02 Å². The van der Waals surface area contributed by atoms with Gasteiger partial charge in [-0.1, -0.05) is 94.4 Å². The van der Waals surface area contributed by atoms with Gasteiger partial charge in [0, 0.05) is 29.8 Å². The summed E-state index contributed by atoms with van der Waals surface area (Å²) in [6, 6.07) is 11.2. The number of Topliss-reactive ketones (excluding diaryl/α,β-unsaturated/α-hetero) is 1. The zero-order valence-corrected chi connectivity index (χ0v) is 33.5. The van der Waals surface area contributed by atoms with E-state index < -0.39 is 58.8 Å². The first-order valence-electron chi connectivity index (χ1n) is 19.9. The molecule has 3 N–H and O–H groups in total. The van der Waals surface area contributed by atoms with Crippen LogP contribution in [0.5, 0.6) is 11.5 Å². The number of hydrogen-bond donors (Lipinski definition) is 3. The number of ketones is 1. The van der Waals surface area contributed by atoms with Gasteiger partial charge in [-0.15, -0.1) is 0 Å². The molecule has 1 saturated heterocycles. The van der Waals surface area contributed by atoms with Crippen molar-refractivity contribution in [2.45, 2.75) is 122 Å². The summed E-state index contributed by atoms with van der Waals surface area (Å²) in [7, 11) is 0. The van der Waals surface area contributed by atoms with Crippen molar-refractivity contribution in [2.24, 2.45) is 16.5 Å². The van der Waals surface area contributed by atoms with Gasteiger partial charge in [-0.3, -0.25) is 24.0 Å². The number of rotatable bonds is 13. The summed E-state index contributed by atoms with van der Waals surface area (Å²) in [6.07, 6.45) is 6.20. The van der Waals surface area contributed by atoms with Crippen molar-refractivity contribution in [3.8, 4) is 11.5 Å². The minimum atomic E-state index is -1.15. The molecule has 2 fully saturated rings. The second-order valence-electron chi connectivity index (χ2n) is 16.7. The molecule has 56 heavy (non-hydrogen) atoms. The zero-order chi connectivity index (χ0) is 40.0. The van der Waals surface area contributed by atoms with Crippen LogP contribution in [0.1, 0.15) is 97.5 Å². The number of benzene rings is 2. The van der Waals surface area contributed by atoms with E-state index >= 15 is 0 Å². The SMILES string of the molecule is CCC[C@H](NC(=O)[C@@H]1C[C@]2(CC(c3cccc(Cl)c3)=NO2)CN1C(=O)[C@@H](NC(=O)CC1CCCCC1)C(C)(C)C)C(=O)C(=O)NCC1COc2ccccc2O1. The molecule has 2 aromatic rings. The van der Waals surface area contributed by atoms with Crippen molar-refractivity contribution in [1.29, 1.82) is 0 Å². The van der Waals surface area contributed by atoms with Gasteiger partial charge in [-0.2, -0.15) is 0 Å². The molecule has 14 heteroatoms. The third kappa shape index (κ3) is 9.83. The first-order chi connectivity index (χ1) is 26.7. The molecule has 3 aliphatic heterocycles. The third-order valence-electron chi connectivity index (χ3n) is 11.1. The molecule has 302 valence electrons. The van der Waals surface area contributed by atoms with Gasteiger partial charge >= 0.3 is 0 Å². The molecule has 1 spiro atoms. The van der Waals surface area contributed by atoms with Crippen LogP contribution >= 0.6 is 11.6 Å². The van der Waals surface area contributed by atoms with E-state index in [4.69, 9.17) is 25.9 Å². The van der Waals surface area contributed by atoms with E-state index in [1.807, 2.05) is 52.0 Å². The highest BCUT2D eigenvalue weighted by Gasteiger charge is 2.55. The van der Waals surface area contributed by atoms with E-state index in [9.17, 15) is 24.0 Å². The molecule has 0 bridgehead atoms. The van der Waals surface area contributed by atoms with Crippen molar-refractivity contribution >= 4 is 46.7 Å². The summed E-state index contributed by atoms with van der Waals surface area (Å²) in [4.78, 5) is 76.9. The number of nitrogens with one attached hydrogen (secondary N) is 3. The summed E-state index contributed by atoms with van der Waals surface area (Å²) in [5, 5.41) is 13.4. The van der Waals surface area contributed by atoms with E-state index in [1.54, 1.807) is 24.3 Å². The minimum absolute atomic E-state index is 0.0159. The number of nitrogens with zero attached hydrogens (tertiary/aromatic N) is 2. The minimum Gasteiger partial charge on any atom is -0.486 e. The van der Waals surface area contributed by atoms with Crippen LogP contribution in [-0.2, 0) is 28.8 Å². The standard InChI is InChI=1S/C42H54ClN5O8/c1-5-12-30(36(50)39(52)44-23-29-24-54-33-17-9-10-18-34(33)55-29)45-38(51)32-22-42(21-31(47-56-42)27-15-11-16-28(43)20-27)25-48(32)40(53)37(41(2,3)4)46-35(49)19-26-13-7-6-8-14-26/h9-11,15-18,20,26,29-30,32,37H,5-8,12-14,19,21-25H2,1-4H3,(H,44,52)(H,45,51)(H,46,49)/t29?,30-,32-,37+,42+/m0/s1. The van der Waals surface area contributed by atoms with E-state index in [1.165, 1.54) is 11.3 Å². The molecular weight excluding hydrogens is 738 g/mol. The smallest absolute Gasteiger partial charge is 0.289 e. The average Bonchev–Trinajstić information content (AvgIpc) is 3.78. The monoisotopic (exact) mass is 791 g/mol. The molecule has 0 radical (unpaired) electrons. The van der Waals surface area contributed by atoms with Crippen molar-refractivity contribution in [3.05, 3.63) is 59.1 Å². The lowest BCUT2D eigenvalue weighted by atomic mass is 9.84. The Labute approximate surface area is 333 Å². The quantitative estimate of drug-likeness (QED) is 0.236. The number of halogens is 1. The normalized spacial score (nSPS) is 23.1. The summed E-state index contributed by atoms with van der Waals surface area (Å²) in [5.41, 5.74) is -0.368. The summed E-state index contributed by atoms with van der Waals surface area (Å²) in [6.45, 7) is 7.70. The van der Waals surface area contributed by atoms with Gasteiger partial charge in [0.05, 0.1) is 24.8 Å². The fourth-order valence-electron chi connectivity index (χ4n) is 8.08. The van der Waals surface area contributed by atoms with E-state index in [-0.39, 0.29) is 44.4 Å². The van der Waals surface area contributed by atoms with Crippen LogP contribution in [0.3, 0.4) is 0 Å². The number of ether oxygens (including phenoxy) is 2. The molecule has 1 unspecified atom stereocenters. The van der Waals surface area contributed by atoms with Crippen molar-refractivity contribution in [3.63, 3.8) is 0 Å². The Morgan fingerprint density at radius 2 is 1.75 bits per heavy atom. The van der Waals surface area contributed by atoms with Crippen LogP contribution in [0.4, 0.5) is 0 Å². The first-order valence-corrected chi connectivity index (χ1v) is 20.2. The number of oxime groups is 1. The highest BCUT2D eigenvalue weighted by atomic mass is 35.5. The van der Waals surface area contributed by atoms with Gasteiger partial charge in [0.1, 0.15) is 24.8 Å². The maximum Gasteiger partial charge on any atom is 0.289 e. The summed E-state index contributed by atoms with van der Waals surface area (Å²) >= 11 is 6.28. The Bertz CT molecular complexity index is 1820. The van der Waals surface area contributed by atoms with Gasteiger partial charge in [0.15, 0.2) is 17.1 Å². The molecule has 6 rings (SSSR count). The van der Waals surface area contributed by atoms with Crippen LogP contribution in [0.25, 0.3) is 0 Å². The third-order valence-corrected chi connectivity index (χ3v) is 11.3. The van der Waals surface area contributed by atoms with Gasteiger partial charge in [0.25, 0.3) is 5.91 Å². The fourth-order valence-corrected chi connectivity index (χ4v) is 8.27. The van der Waals surface area contributed by atoms with Gasteiger partial charge < -0.3 is 35.2 Å². The second-order valence-corrected chi connectivity index (χ2v) is 17.1. The Morgan fingerprint density at radius 1 is 1.00 bits per heavy atom. The van der Waals surface area contributed by atoms with Gasteiger partial charge in [-0.05, 0) is 54.9 Å². The Balaban J connectivity index is 1.18. The summed E-state index contributed by atoms with van der Waals surface area (Å²) in [5.74, 6) is -1.49. The van der Waals surface area contributed by atoms with E-state index in [0.717, 1.165) is 31.2 Å². The number of fused-ring (bicyclic) bond motifs is 1. The van der Waals surface area contributed by atoms with Gasteiger partial charge in [0.2, 0.25) is 23.5 Å². The van der Waals surface area contributed by atoms with Crippen molar-refractivity contribution < 1.29 is 38.3 Å². The molecule has 4 aliphatic rings. The van der Waals surface area contributed by atoms with Crippen molar-refractivity contribution in [1.82, 2.24) is 20.9 Å². The molecule has 0 aromatic heterocycles. The number of amides is 4. The number of carbonyl (C=O) groups excluding carboxylic acids is 5. The summed E-state index contributed by atoms with van der Waals surface area (Å²) < 4.78 is 11.6. The highest BCUT2D eigenvalue weighted by Crippen LogP contribution is 2.40. The molecule has 1 aliphatic carbocycles. The average molecular weight is 792 g/mol. The van der Waals surface area contributed by atoms with Crippen LogP contribution in [-0.4, -0.2) is 89.6 Å². The first kappa shape index (κ1) is 41.0. The van der Waals surface area contributed by atoms with Crippen LogP contribution in [0.15, 0.2) is 53.7 Å². The predicted octanol–water partition coefficient (Wildman–Crippen LogP) is 5.12. The van der Waals surface area contributed by atoms with E-state index in [2.05, 4.69) is 21.1 Å². The fraction of sp³-hybridized carbons (Fsp3) is 0.571. The molecule has 5 atom stereocenters. The molecule has 4 amide bonds. The maximum atomic E-state index is 14.7. The molecule has 3 heterocycles. The zero-order valence-electron chi connectivity index (χ0n) is 32.7. The lowest BCUT2D eigenvalue weighted by Gasteiger charge is -2.36. The Morgan fingerprint density at radius 3 is 2.46 bits per heavy atom. The Hall–Kier alpha value is -4.65. The molecule has 2 aromatic carbocycles. The second kappa shape index (κ2) is 17.7. The maximum absolute atomic E-state index is 14.7. The number of likely N-dealkylation sites (tertiary alicyclic amines) is 1. The molecule has 13 nitrogen and oxygen atoms in total. The largest absolute Gasteiger partial charge is 0.486 e. The van der Waals surface area contributed by atoms with Gasteiger partial charge in [-0.25, -0.2) is 0 Å².